The summed E-state index contributed by atoms with van der Waals surface area (Å²) in [5.74, 6) is -2.35. The quantitative estimate of drug-likeness (QED) is 0.382. The molecule has 0 unspecified atom stereocenters. The molecule has 0 amide bonds. The third-order valence-electron chi connectivity index (χ3n) is 4.45. The van der Waals surface area contributed by atoms with E-state index in [4.69, 9.17) is 9.15 Å². The maximum absolute atomic E-state index is 14.8. The summed E-state index contributed by atoms with van der Waals surface area (Å²) in [6, 6.07) is 7.84. The van der Waals surface area contributed by atoms with E-state index in [2.05, 4.69) is 0 Å². The van der Waals surface area contributed by atoms with Gasteiger partial charge >= 0.3 is 11.7 Å². The monoisotopic (exact) mass is 465 g/mol. The van der Waals surface area contributed by atoms with Gasteiger partial charge in [-0.2, -0.15) is 8.42 Å². The topological polar surface area (TPSA) is 137 Å². The van der Waals surface area contributed by atoms with Crippen LogP contribution in [0.25, 0.3) is 11.0 Å². The second-order valence-electron chi connectivity index (χ2n) is 6.73. The molecule has 0 aliphatic rings. The Balaban J connectivity index is 1.98. The Morgan fingerprint density at radius 2 is 1.97 bits per heavy atom. The largest absolute Gasteiger partial charge is 0.426 e. The van der Waals surface area contributed by atoms with Crippen LogP contribution in [0.1, 0.15) is 25.3 Å². The van der Waals surface area contributed by atoms with Crippen molar-refractivity contribution in [2.75, 3.05) is 11.8 Å². The first-order valence-electron chi connectivity index (χ1n) is 9.52. The number of esters is 1. The van der Waals surface area contributed by atoms with Crippen molar-refractivity contribution in [1.82, 2.24) is 9.29 Å². The average molecular weight is 465 g/mol. The van der Waals surface area contributed by atoms with Crippen molar-refractivity contribution in [2.45, 2.75) is 26.3 Å². The molecule has 0 saturated carbocycles. The van der Waals surface area contributed by atoms with E-state index in [1.165, 1.54) is 36.4 Å². The van der Waals surface area contributed by atoms with E-state index in [0.717, 1.165) is 7.05 Å². The fraction of sp³-hybridized carbons (Fsp3) is 0.250. The number of hydrogen-bond acceptors (Lipinski definition) is 7. The molecule has 2 N–H and O–H groups in total. The number of nitrogens with one attached hydrogen (secondary N) is 2. The van der Waals surface area contributed by atoms with Gasteiger partial charge in [0.25, 0.3) is 15.8 Å². The minimum atomic E-state index is -3.97. The molecule has 3 rings (SSSR count). The fourth-order valence-corrected chi connectivity index (χ4v) is 3.42. The Morgan fingerprint density at radius 1 is 1.22 bits per heavy atom. The number of rotatable bonds is 8. The van der Waals surface area contributed by atoms with Crippen molar-refractivity contribution >= 4 is 32.8 Å². The number of benzene rings is 2. The van der Waals surface area contributed by atoms with Crippen molar-refractivity contribution in [3.8, 4) is 5.75 Å². The molecule has 3 aromatic rings. The van der Waals surface area contributed by atoms with Gasteiger partial charge in [0.05, 0.1) is 17.6 Å². The fourth-order valence-electron chi connectivity index (χ4n) is 2.87. The third kappa shape index (κ3) is 5.03. The van der Waals surface area contributed by atoms with E-state index in [-0.39, 0.29) is 34.4 Å². The normalized spacial score (nSPS) is 11.5. The highest BCUT2D eigenvalue weighted by Crippen LogP contribution is 2.21. The van der Waals surface area contributed by atoms with Crippen molar-refractivity contribution < 1.29 is 26.8 Å². The van der Waals surface area contributed by atoms with Gasteiger partial charge in [0.2, 0.25) is 0 Å². The van der Waals surface area contributed by atoms with E-state index >= 15 is 0 Å². The number of fused-ring (bicyclic) bond motifs is 1. The molecular formula is C20H20FN3O7S. The molecule has 12 heteroatoms. The van der Waals surface area contributed by atoms with E-state index < -0.39 is 39.9 Å². The maximum atomic E-state index is 14.8. The van der Waals surface area contributed by atoms with Crippen LogP contribution in [0.3, 0.4) is 0 Å². The van der Waals surface area contributed by atoms with E-state index in [1.807, 2.05) is 16.4 Å². The Kier molecular flexibility index (Phi) is 6.75. The Labute approximate surface area is 181 Å². The number of ether oxygens (including phenoxy) is 1. The number of hydrogen-bond donors (Lipinski definition) is 2. The lowest BCUT2D eigenvalue weighted by atomic mass is 10.2. The maximum Gasteiger partial charge on any atom is 0.422 e. The summed E-state index contributed by atoms with van der Waals surface area (Å²) in [6.07, 6.45) is 0.805. The predicted molar refractivity (Wildman–Crippen MR) is 114 cm³/mol. The number of carbonyl (C=O) groups excluding carboxylic acids is 1. The van der Waals surface area contributed by atoms with Crippen LogP contribution < -0.4 is 25.5 Å². The lowest BCUT2D eigenvalue weighted by Crippen LogP contribution is -2.33. The van der Waals surface area contributed by atoms with E-state index in [1.54, 1.807) is 0 Å². The van der Waals surface area contributed by atoms with Crippen molar-refractivity contribution in [3.05, 3.63) is 68.7 Å². The third-order valence-corrected chi connectivity index (χ3v) is 5.48. The van der Waals surface area contributed by atoms with Crippen LogP contribution >= 0.6 is 0 Å². The summed E-state index contributed by atoms with van der Waals surface area (Å²) in [6.45, 7) is 1.32. The minimum Gasteiger partial charge on any atom is -0.426 e. The number of halogens is 1. The van der Waals surface area contributed by atoms with Crippen LogP contribution in [-0.2, 0) is 21.5 Å². The summed E-state index contributed by atoms with van der Waals surface area (Å²) < 4.78 is 53.0. The zero-order valence-corrected chi connectivity index (χ0v) is 18.0. The second-order valence-corrected chi connectivity index (χ2v) is 8.35. The summed E-state index contributed by atoms with van der Waals surface area (Å²) in [5.41, 5.74) is -1.30. The highest BCUT2D eigenvalue weighted by Gasteiger charge is 2.17. The van der Waals surface area contributed by atoms with Crippen molar-refractivity contribution in [3.63, 3.8) is 0 Å². The Morgan fingerprint density at radius 3 is 2.66 bits per heavy atom. The first-order valence-corrected chi connectivity index (χ1v) is 11.0. The molecule has 170 valence electrons. The summed E-state index contributed by atoms with van der Waals surface area (Å²) in [4.78, 5) is 36.9. The summed E-state index contributed by atoms with van der Waals surface area (Å²) in [5, 5.41) is 0.0207. The smallest absolute Gasteiger partial charge is 0.422 e. The molecule has 0 bridgehead atoms. The molecule has 1 aromatic heterocycles. The SMILES string of the molecule is CCCC(=O)Oc1ccc2c(=O)n(Cc3cccc(NS(=O)(=O)NC)c3F)c(=O)oc2c1. The molecule has 1 heterocycles. The van der Waals surface area contributed by atoms with E-state index in [0.29, 0.717) is 11.0 Å². The average Bonchev–Trinajstić information content (AvgIpc) is 2.73. The van der Waals surface area contributed by atoms with Crippen LogP contribution in [0, 0.1) is 5.82 Å². The van der Waals surface area contributed by atoms with Gasteiger partial charge in [0.1, 0.15) is 11.3 Å². The molecule has 10 nitrogen and oxygen atoms in total. The van der Waals surface area contributed by atoms with Gasteiger partial charge in [0.15, 0.2) is 5.82 Å². The van der Waals surface area contributed by atoms with Gasteiger partial charge in [-0.15, -0.1) is 0 Å². The van der Waals surface area contributed by atoms with Gasteiger partial charge in [-0.3, -0.25) is 14.3 Å². The number of carbonyl (C=O) groups is 1. The molecular weight excluding hydrogens is 445 g/mol. The number of anilines is 1. The lowest BCUT2D eigenvalue weighted by molar-refractivity contribution is -0.134. The van der Waals surface area contributed by atoms with Gasteiger partial charge in [-0.05, 0) is 24.6 Å². The van der Waals surface area contributed by atoms with Crippen LogP contribution in [0.4, 0.5) is 10.1 Å². The molecule has 0 saturated heterocycles. The van der Waals surface area contributed by atoms with Crippen molar-refractivity contribution in [1.29, 1.82) is 0 Å². The molecule has 0 fully saturated rings. The highest BCUT2D eigenvalue weighted by molar-refractivity contribution is 7.90. The number of nitrogens with zero attached hydrogens (tertiary/aromatic N) is 1. The second kappa shape index (κ2) is 9.32. The molecule has 32 heavy (non-hydrogen) atoms. The first-order chi connectivity index (χ1) is 15.1. The van der Waals surface area contributed by atoms with Gasteiger partial charge in [-0.25, -0.2) is 18.5 Å². The standard InChI is InChI=1S/C20H20FN3O7S/c1-3-5-17(25)30-13-8-9-14-16(10-13)31-20(27)24(19(14)26)11-12-6-4-7-15(18(12)21)23-32(28,29)22-2/h4,6-10,22-23H,3,5,11H2,1-2H3. The Hall–Kier alpha value is -3.51. The van der Waals surface area contributed by atoms with Gasteiger partial charge in [-0.1, -0.05) is 19.1 Å². The van der Waals surface area contributed by atoms with Crippen LogP contribution in [0.2, 0.25) is 0 Å². The van der Waals surface area contributed by atoms with E-state index in [9.17, 15) is 27.2 Å². The van der Waals surface area contributed by atoms with Crippen LogP contribution in [0.15, 0.2) is 50.4 Å². The lowest BCUT2D eigenvalue weighted by Gasteiger charge is -2.11. The molecule has 0 atom stereocenters. The summed E-state index contributed by atoms with van der Waals surface area (Å²) in [7, 11) is -2.82. The zero-order valence-electron chi connectivity index (χ0n) is 17.2. The first kappa shape index (κ1) is 23.2. The summed E-state index contributed by atoms with van der Waals surface area (Å²) >= 11 is 0. The predicted octanol–water partition coefficient (Wildman–Crippen LogP) is 1.72. The molecule has 2 aromatic carbocycles. The Bertz CT molecular complexity index is 1400. The highest BCUT2D eigenvalue weighted by atomic mass is 32.2. The van der Waals surface area contributed by atoms with Gasteiger partial charge < -0.3 is 9.15 Å². The van der Waals surface area contributed by atoms with Gasteiger partial charge in [0, 0.05) is 25.1 Å². The number of aromatic nitrogens is 1. The molecule has 0 aliphatic carbocycles. The van der Waals surface area contributed by atoms with Crippen LogP contribution in [-0.4, -0.2) is 26.0 Å². The van der Waals surface area contributed by atoms with Crippen molar-refractivity contribution in [2.24, 2.45) is 0 Å². The zero-order chi connectivity index (χ0) is 23.5. The minimum absolute atomic E-state index is 0.0207. The molecule has 0 radical (unpaired) electrons. The van der Waals surface area contributed by atoms with Crippen LogP contribution in [0.5, 0.6) is 5.75 Å². The molecule has 0 aliphatic heterocycles. The molecule has 0 spiro atoms.